The molecule has 0 unspecified atom stereocenters. The largest absolute Gasteiger partial charge is 0.347 e. The number of nitrogens with zero attached hydrogens (tertiary/aromatic N) is 3. The van der Waals surface area contributed by atoms with Crippen LogP contribution in [-0.4, -0.2) is 20.1 Å². The van der Waals surface area contributed by atoms with E-state index in [0.717, 1.165) is 29.9 Å². The number of fused-ring (bicyclic) bond motifs is 1. The van der Waals surface area contributed by atoms with Gasteiger partial charge in [0.05, 0.1) is 23.8 Å². The van der Waals surface area contributed by atoms with Gasteiger partial charge in [-0.05, 0) is 6.92 Å². The standard InChI is InChI=1S/C15H15N5O/c1-9-2-4-10(5-3-9)14-19-15(21-20-14)12-6-11-13(7-16-12)18-8-17-11/h2-5,8,12,16H,6-7H2,1H3,(H,17,18)/t12-/m0/s1. The van der Waals surface area contributed by atoms with Gasteiger partial charge in [0.2, 0.25) is 11.7 Å². The molecule has 0 fully saturated rings. The Morgan fingerprint density at radius 3 is 2.95 bits per heavy atom. The van der Waals surface area contributed by atoms with Crippen molar-refractivity contribution in [1.82, 2.24) is 25.4 Å². The molecule has 4 rings (SSSR count). The van der Waals surface area contributed by atoms with Crippen LogP contribution in [-0.2, 0) is 13.0 Å². The third-order valence-corrected chi connectivity index (χ3v) is 3.78. The maximum absolute atomic E-state index is 5.42. The van der Waals surface area contributed by atoms with Crippen LogP contribution in [0.25, 0.3) is 11.4 Å². The second kappa shape index (κ2) is 4.82. The van der Waals surface area contributed by atoms with Crippen LogP contribution < -0.4 is 5.32 Å². The summed E-state index contributed by atoms with van der Waals surface area (Å²) < 4.78 is 5.42. The summed E-state index contributed by atoms with van der Waals surface area (Å²) in [4.78, 5) is 12.0. The predicted molar refractivity (Wildman–Crippen MR) is 76.3 cm³/mol. The van der Waals surface area contributed by atoms with Gasteiger partial charge >= 0.3 is 0 Å². The average Bonchev–Trinajstić information content (AvgIpc) is 3.16. The highest BCUT2D eigenvalue weighted by Crippen LogP contribution is 2.25. The highest BCUT2D eigenvalue weighted by Gasteiger charge is 2.26. The second-order valence-corrected chi connectivity index (χ2v) is 5.29. The summed E-state index contributed by atoms with van der Waals surface area (Å²) in [6.07, 6.45) is 2.48. The fourth-order valence-corrected chi connectivity index (χ4v) is 2.54. The molecule has 21 heavy (non-hydrogen) atoms. The number of hydrogen-bond acceptors (Lipinski definition) is 5. The summed E-state index contributed by atoms with van der Waals surface area (Å²) >= 11 is 0. The molecule has 3 aromatic rings. The van der Waals surface area contributed by atoms with Gasteiger partial charge < -0.3 is 9.51 Å². The number of rotatable bonds is 2. The molecule has 0 bridgehead atoms. The fraction of sp³-hybridized carbons (Fsp3) is 0.267. The van der Waals surface area contributed by atoms with Gasteiger partial charge in [0, 0.05) is 18.5 Å². The number of aromatic nitrogens is 4. The number of H-pyrrole nitrogens is 1. The molecule has 1 atom stereocenters. The Balaban J connectivity index is 1.59. The Bertz CT molecular complexity index is 758. The first-order valence-corrected chi connectivity index (χ1v) is 6.95. The molecule has 106 valence electrons. The monoisotopic (exact) mass is 281 g/mol. The Kier molecular flexibility index (Phi) is 2.82. The molecule has 0 saturated heterocycles. The Labute approximate surface area is 121 Å². The summed E-state index contributed by atoms with van der Waals surface area (Å²) in [5.74, 6) is 1.24. The minimum absolute atomic E-state index is 0.0208. The lowest BCUT2D eigenvalue weighted by molar-refractivity contribution is 0.319. The van der Waals surface area contributed by atoms with Gasteiger partial charge in [-0.1, -0.05) is 35.0 Å². The van der Waals surface area contributed by atoms with Gasteiger partial charge in [-0.2, -0.15) is 4.98 Å². The van der Waals surface area contributed by atoms with E-state index in [-0.39, 0.29) is 6.04 Å². The predicted octanol–water partition coefficient (Wildman–Crippen LogP) is 2.16. The molecule has 0 amide bonds. The van der Waals surface area contributed by atoms with Crippen LogP contribution in [0.4, 0.5) is 0 Å². The number of aromatic amines is 1. The first-order chi connectivity index (χ1) is 10.3. The number of hydrogen-bond donors (Lipinski definition) is 2. The van der Waals surface area contributed by atoms with Crippen LogP contribution >= 0.6 is 0 Å². The first-order valence-electron chi connectivity index (χ1n) is 6.95. The van der Waals surface area contributed by atoms with E-state index in [1.54, 1.807) is 6.33 Å². The van der Waals surface area contributed by atoms with Crippen LogP contribution in [0.5, 0.6) is 0 Å². The number of imidazole rings is 1. The highest BCUT2D eigenvalue weighted by molar-refractivity contribution is 5.54. The third-order valence-electron chi connectivity index (χ3n) is 3.78. The Hall–Kier alpha value is -2.47. The molecular weight excluding hydrogens is 266 g/mol. The SMILES string of the molecule is Cc1ccc(-c2noc([C@@H]3Cc4nc[nH]c4CN3)n2)cc1. The van der Waals surface area contributed by atoms with Crippen molar-refractivity contribution in [3.8, 4) is 11.4 Å². The van der Waals surface area contributed by atoms with Crippen LogP contribution in [0.15, 0.2) is 35.1 Å². The molecule has 2 N–H and O–H groups in total. The van der Waals surface area contributed by atoms with E-state index in [1.165, 1.54) is 5.56 Å². The maximum atomic E-state index is 5.42. The summed E-state index contributed by atoms with van der Waals surface area (Å²) in [5, 5.41) is 7.46. The summed E-state index contributed by atoms with van der Waals surface area (Å²) in [7, 11) is 0. The molecule has 6 nitrogen and oxygen atoms in total. The molecule has 0 saturated carbocycles. The summed E-state index contributed by atoms with van der Waals surface area (Å²) in [5.41, 5.74) is 4.37. The quantitative estimate of drug-likeness (QED) is 0.752. The molecule has 3 heterocycles. The lowest BCUT2D eigenvalue weighted by Gasteiger charge is -2.19. The van der Waals surface area contributed by atoms with Gasteiger partial charge in [0.1, 0.15) is 0 Å². The van der Waals surface area contributed by atoms with Crippen molar-refractivity contribution in [3.05, 3.63) is 53.4 Å². The third kappa shape index (κ3) is 2.23. The summed E-state index contributed by atoms with van der Waals surface area (Å²) in [6, 6.07) is 8.11. The van der Waals surface area contributed by atoms with Crippen molar-refractivity contribution in [2.24, 2.45) is 0 Å². The van der Waals surface area contributed by atoms with Gasteiger partial charge in [-0.25, -0.2) is 4.98 Å². The minimum Gasteiger partial charge on any atom is -0.347 e. The van der Waals surface area contributed by atoms with Crippen molar-refractivity contribution in [2.45, 2.75) is 25.9 Å². The van der Waals surface area contributed by atoms with E-state index >= 15 is 0 Å². The molecule has 1 aromatic carbocycles. The molecule has 0 spiro atoms. The average molecular weight is 281 g/mol. The molecule has 6 heteroatoms. The number of benzene rings is 1. The van der Waals surface area contributed by atoms with E-state index in [4.69, 9.17) is 4.52 Å². The molecular formula is C15H15N5O. The molecule has 2 aromatic heterocycles. The molecule has 0 radical (unpaired) electrons. The topological polar surface area (TPSA) is 79.6 Å². The lowest BCUT2D eigenvalue weighted by atomic mass is 10.1. The van der Waals surface area contributed by atoms with E-state index in [0.29, 0.717) is 11.7 Å². The smallest absolute Gasteiger partial charge is 0.244 e. The van der Waals surface area contributed by atoms with E-state index < -0.39 is 0 Å². The van der Waals surface area contributed by atoms with Crippen molar-refractivity contribution >= 4 is 0 Å². The van der Waals surface area contributed by atoms with Gasteiger partial charge in [-0.3, -0.25) is 5.32 Å². The Morgan fingerprint density at radius 2 is 2.10 bits per heavy atom. The zero-order valence-electron chi connectivity index (χ0n) is 11.6. The second-order valence-electron chi connectivity index (χ2n) is 5.29. The van der Waals surface area contributed by atoms with Crippen LogP contribution in [0.1, 0.15) is 28.9 Å². The van der Waals surface area contributed by atoms with Crippen LogP contribution in [0, 0.1) is 6.92 Å². The van der Waals surface area contributed by atoms with Crippen LogP contribution in [0.2, 0.25) is 0 Å². The fourth-order valence-electron chi connectivity index (χ4n) is 2.54. The van der Waals surface area contributed by atoms with Crippen molar-refractivity contribution in [3.63, 3.8) is 0 Å². The minimum atomic E-state index is 0.0208. The molecule has 1 aliphatic heterocycles. The van der Waals surface area contributed by atoms with Crippen molar-refractivity contribution in [2.75, 3.05) is 0 Å². The molecule has 1 aliphatic rings. The summed E-state index contributed by atoms with van der Waals surface area (Å²) in [6.45, 7) is 2.79. The number of aryl methyl sites for hydroxylation is 1. The Morgan fingerprint density at radius 1 is 1.24 bits per heavy atom. The van der Waals surface area contributed by atoms with Crippen molar-refractivity contribution in [1.29, 1.82) is 0 Å². The van der Waals surface area contributed by atoms with E-state index in [1.807, 2.05) is 24.3 Å². The number of nitrogens with one attached hydrogen (secondary N) is 2. The van der Waals surface area contributed by atoms with Crippen LogP contribution in [0.3, 0.4) is 0 Å². The lowest BCUT2D eigenvalue weighted by Crippen LogP contribution is -2.28. The van der Waals surface area contributed by atoms with Gasteiger partial charge in [0.15, 0.2) is 0 Å². The first kappa shape index (κ1) is 12.3. The zero-order valence-corrected chi connectivity index (χ0v) is 11.6. The maximum Gasteiger partial charge on any atom is 0.244 e. The van der Waals surface area contributed by atoms with E-state index in [2.05, 4.69) is 32.3 Å². The molecule has 0 aliphatic carbocycles. The van der Waals surface area contributed by atoms with Gasteiger partial charge in [-0.15, -0.1) is 0 Å². The van der Waals surface area contributed by atoms with Gasteiger partial charge in [0.25, 0.3) is 0 Å². The normalized spacial score (nSPS) is 17.7. The zero-order chi connectivity index (χ0) is 14.2. The van der Waals surface area contributed by atoms with E-state index in [9.17, 15) is 0 Å². The highest BCUT2D eigenvalue weighted by atomic mass is 16.5. The van der Waals surface area contributed by atoms with Crippen molar-refractivity contribution < 1.29 is 4.52 Å².